The molecule has 2 rings (SSSR count). The van der Waals surface area contributed by atoms with Crippen LogP contribution < -0.4 is 5.32 Å². The van der Waals surface area contributed by atoms with Crippen molar-refractivity contribution in [1.82, 2.24) is 10.2 Å². The quantitative estimate of drug-likeness (QED) is 0.839. The fourth-order valence-corrected chi connectivity index (χ4v) is 2.97. The number of likely N-dealkylation sites (N-methyl/N-ethyl adjacent to an activating group) is 1. The molecular weight excluding hydrogens is 343 g/mol. The van der Waals surface area contributed by atoms with E-state index in [9.17, 15) is 14.0 Å². The van der Waals surface area contributed by atoms with Crippen LogP contribution in [-0.2, 0) is 11.3 Å². The van der Waals surface area contributed by atoms with E-state index in [-0.39, 0.29) is 17.4 Å². The normalized spacial score (nSPS) is 12.0. The van der Waals surface area contributed by atoms with E-state index in [1.54, 1.807) is 18.0 Å². The lowest BCUT2D eigenvalue weighted by molar-refractivity contribution is -0.133. The highest BCUT2D eigenvalue weighted by Crippen LogP contribution is 2.15. The summed E-state index contributed by atoms with van der Waals surface area (Å²) in [6.45, 7) is 8.20. The molecule has 1 atom stereocenters. The van der Waals surface area contributed by atoms with Gasteiger partial charge in [-0.2, -0.15) is 0 Å². The van der Waals surface area contributed by atoms with Crippen molar-refractivity contribution in [3.05, 3.63) is 70.5 Å². The average Bonchev–Trinajstić information content (AvgIpc) is 2.61. The van der Waals surface area contributed by atoms with Crippen molar-refractivity contribution in [2.75, 3.05) is 7.05 Å². The standard InChI is InChI=1S/C22H27FN2O2/c1-14(2)20(24-21(26)18-8-6-7-9-19(18)23)22(27)25(5)13-17-11-10-15(3)12-16(17)4/h6-12,14,20H,13H2,1-5H3,(H,24,26). The summed E-state index contributed by atoms with van der Waals surface area (Å²) in [5, 5.41) is 2.69. The minimum atomic E-state index is -0.729. The molecule has 5 heteroatoms. The molecule has 2 amide bonds. The van der Waals surface area contributed by atoms with Gasteiger partial charge in [-0.3, -0.25) is 9.59 Å². The summed E-state index contributed by atoms with van der Waals surface area (Å²) in [7, 11) is 1.71. The van der Waals surface area contributed by atoms with Gasteiger partial charge in [0, 0.05) is 13.6 Å². The van der Waals surface area contributed by atoms with Crippen LogP contribution in [0, 0.1) is 25.6 Å². The van der Waals surface area contributed by atoms with Gasteiger partial charge in [0.15, 0.2) is 0 Å². The highest BCUT2D eigenvalue weighted by atomic mass is 19.1. The van der Waals surface area contributed by atoms with Crippen LogP contribution in [-0.4, -0.2) is 29.8 Å². The van der Waals surface area contributed by atoms with Crippen LogP contribution in [0.3, 0.4) is 0 Å². The summed E-state index contributed by atoms with van der Waals surface area (Å²) in [6, 6.07) is 11.1. The van der Waals surface area contributed by atoms with Crippen LogP contribution in [0.5, 0.6) is 0 Å². The lowest BCUT2D eigenvalue weighted by atomic mass is 10.0. The number of benzene rings is 2. The van der Waals surface area contributed by atoms with Gasteiger partial charge in [0.05, 0.1) is 5.56 Å². The predicted molar refractivity (Wildman–Crippen MR) is 105 cm³/mol. The first-order valence-corrected chi connectivity index (χ1v) is 9.07. The Morgan fingerprint density at radius 2 is 1.78 bits per heavy atom. The molecule has 27 heavy (non-hydrogen) atoms. The van der Waals surface area contributed by atoms with E-state index in [4.69, 9.17) is 0 Å². The van der Waals surface area contributed by atoms with Crippen LogP contribution in [0.15, 0.2) is 42.5 Å². The fourth-order valence-electron chi connectivity index (χ4n) is 2.97. The Balaban J connectivity index is 2.14. The molecule has 2 aromatic carbocycles. The van der Waals surface area contributed by atoms with Gasteiger partial charge in [0.2, 0.25) is 5.91 Å². The smallest absolute Gasteiger partial charge is 0.254 e. The SMILES string of the molecule is Cc1ccc(CN(C)C(=O)C(NC(=O)c2ccccc2F)C(C)C)c(C)c1. The number of amides is 2. The molecule has 0 saturated carbocycles. The van der Waals surface area contributed by atoms with E-state index in [2.05, 4.69) is 11.4 Å². The van der Waals surface area contributed by atoms with Gasteiger partial charge in [-0.25, -0.2) is 4.39 Å². The molecule has 0 bridgehead atoms. The molecule has 0 radical (unpaired) electrons. The summed E-state index contributed by atoms with van der Waals surface area (Å²) in [6.07, 6.45) is 0. The monoisotopic (exact) mass is 370 g/mol. The molecule has 1 N–H and O–H groups in total. The maximum absolute atomic E-state index is 13.9. The van der Waals surface area contributed by atoms with E-state index in [1.807, 2.05) is 39.8 Å². The van der Waals surface area contributed by atoms with Gasteiger partial charge in [0.25, 0.3) is 5.91 Å². The maximum atomic E-state index is 13.9. The van der Waals surface area contributed by atoms with Gasteiger partial charge in [-0.05, 0) is 43.0 Å². The van der Waals surface area contributed by atoms with Gasteiger partial charge in [-0.15, -0.1) is 0 Å². The number of carbonyl (C=O) groups is 2. The van der Waals surface area contributed by atoms with E-state index in [0.29, 0.717) is 6.54 Å². The number of nitrogens with one attached hydrogen (secondary N) is 1. The number of nitrogens with zero attached hydrogens (tertiary/aromatic N) is 1. The summed E-state index contributed by atoms with van der Waals surface area (Å²) < 4.78 is 13.9. The second-order valence-electron chi connectivity index (χ2n) is 7.30. The first kappa shape index (κ1) is 20.6. The number of carbonyl (C=O) groups excluding carboxylic acids is 2. The second kappa shape index (κ2) is 8.80. The molecule has 0 aliphatic rings. The Labute approximate surface area is 160 Å². The van der Waals surface area contributed by atoms with Gasteiger partial charge < -0.3 is 10.2 Å². The van der Waals surface area contributed by atoms with E-state index in [1.165, 1.54) is 23.8 Å². The molecular formula is C22H27FN2O2. The van der Waals surface area contributed by atoms with Crippen LogP contribution in [0.2, 0.25) is 0 Å². The van der Waals surface area contributed by atoms with Crippen LogP contribution in [0.25, 0.3) is 0 Å². The van der Waals surface area contributed by atoms with E-state index < -0.39 is 17.8 Å². The van der Waals surface area contributed by atoms with Crippen molar-refractivity contribution < 1.29 is 14.0 Å². The molecule has 0 heterocycles. The van der Waals surface area contributed by atoms with Crippen LogP contribution in [0.4, 0.5) is 4.39 Å². The fraction of sp³-hybridized carbons (Fsp3) is 0.364. The zero-order valence-electron chi connectivity index (χ0n) is 16.5. The lowest BCUT2D eigenvalue weighted by Crippen LogP contribution is -2.50. The van der Waals surface area contributed by atoms with Crippen molar-refractivity contribution in [3.8, 4) is 0 Å². The van der Waals surface area contributed by atoms with E-state index in [0.717, 1.165) is 11.1 Å². The number of hydrogen-bond donors (Lipinski definition) is 1. The van der Waals surface area contributed by atoms with Crippen LogP contribution >= 0.6 is 0 Å². The Bertz CT molecular complexity index is 833. The Morgan fingerprint density at radius 3 is 2.37 bits per heavy atom. The summed E-state index contributed by atoms with van der Waals surface area (Å²) in [5.74, 6) is -1.52. The minimum Gasteiger partial charge on any atom is -0.340 e. The first-order valence-electron chi connectivity index (χ1n) is 9.07. The summed E-state index contributed by atoms with van der Waals surface area (Å²) in [4.78, 5) is 27.0. The molecule has 0 fully saturated rings. The molecule has 144 valence electrons. The van der Waals surface area contributed by atoms with Crippen LogP contribution in [0.1, 0.15) is 40.9 Å². The van der Waals surface area contributed by atoms with E-state index >= 15 is 0 Å². The topological polar surface area (TPSA) is 49.4 Å². The average molecular weight is 370 g/mol. The maximum Gasteiger partial charge on any atom is 0.254 e. The molecule has 4 nitrogen and oxygen atoms in total. The molecule has 0 spiro atoms. The minimum absolute atomic E-state index is 0.0621. The summed E-state index contributed by atoms with van der Waals surface area (Å²) >= 11 is 0. The Morgan fingerprint density at radius 1 is 1.11 bits per heavy atom. The zero-order valence-corrected chi connectivity index (χ0v) is 16.5. The highest BCUT2D eigenvalue weighted by Gasteiger charge is 2.28. The zero-order chi connectivity index (χ0) is 20.1. The Hall–Kier alpha value is -2.69. The third-order valence-corrected chi connectivity index (χ3v) is 4.62. The van der Waals surface area contributed by atoms with Crippen molar-refractivity contribution >= 4 is 11.8 Å². The first-order chi connectivity index (χ1) is 12.7. The van der Waals surface area contributed by atoms with Gasteiger partial charge in [0.1, 0.15) is 11.9 Å². The highest BCUT2D eigenvalue weighted by molar-refractivity contribution is 5.97. The van der Waals surface area contributed by atoms with Gasteiger partial charge >= 0.3 is 0 Å². The summed E-state index contributed by atoms with van der Waals surface area (Å²) in [5.41, 5.74) is 3.28. The number of rotatable bonds is 6. The number of aryl methyl sites for hydroxylation is 2. The lowest BCUT2D eigenvalue weighted by Gasteiger charge is -2.27. The largest absolute Gasteiger partial charge is 0.340 e. The third kappa shape index (κ3) is 5.16. The molecule has 0 aliphatic heterocycles. The van der Waals surface area contributed by atoms with Crippen molar-refractivity contribution in [3.63, 3.8) is 0 Å². The number of halogens is 1. The molecule has 0 aromatic heterocycles. The van der Waals surface area contributed by atoms with Gasteiger partial charge in [-0.1, -0.05) is 49.7 Å². The van der Waals surface area contributed by atoms with Crippen molar-refractivity contribution in [2.24, 2.45) is 5.92 Å². The Kier molecular flexibility index (Phi) is 6.72. The van der Waals surface area contributed by atoms with Crippen molar-refractivity contribution in [1.29, 1.82) is 0 Å². The predicted octanol–water partition coefficient (Wildman–Crippen LogP) is 3.86. The molecule has 2 aromatic rings. The molecule has 0 saturated heterocycles. The second-order valence-corrected chi connectivity index (χ2v) is 7.30. The molecule has 1 unspecified atom stereocenters. The third-order valence-electron chi connectivity index (χ3n) is 4.62. The van der Waals surface area contributed by atoms with Crippen molar-refractivity contribution in [2.45, 2.75) is 40.3 Å². The molecule has 0 aliphatic carbocycles. The number of hydrogen-bond acceptors (Lipinski definition) is 2.